The second-order valence-corrected chi connectivity index (χ2v) is 7.49. The summed E-state index contributed by atoms with van der Waals surface area (Å²) in [6.45, 7) is 11.0. The zero-order chi connectivity index (χ0) is 15.2. The molecule has 0 spiro atoms. The quantitative estimate of drug-likeness (QED) is 0.698. The first-order chi connectivity index (χ1) is 9.28. The molecule has 1 rings (SSSR count). The molecular weight excluding hydrogens is 252 g/mol. The molecule has 1 saturated heterocycles. The van der Waals surface area contributed by atoms with Crippen LogP contribution in [-0.4, -0.2) is 36.8 Å². The highest BCUT2D eigenvalue weighted by molar-refractivity contribution is 5.76. The predicted molar refractivity (Wildman–Crippen MR) is 82.5 cm³/mol. The topological polar surface area (TPSA) is 61.4 Å². The third-order valence-corrected chi connectivity index (χ3v) is 4.08. The second kappa shape index (κ2) is 7.99. The third-order valence-electron chi connectivity index (χ3n) is 4.08. The molecule has 0 aromatic carbocycles. The molecule has 3 N–H and O–H groups in total. The van der Waals surface area contributed by atoms with Gasteiger partial charge in [0.1, 0.15) is 0 Å². The monoisotopic (exact) mass is 284 g/mol. The van der Waals surface area contributed by atoms with E-state index in [-0.39, 0.29) is 11.3 Å². The van der Waals surface area contributed by atoms with E-state index in [4.69, 9.17) is 0 Å². The zero-order valence-corrected chi connectivity index (χ0v) is 13.5. The molecule has 118 valence electrons. The Balaban J connectivity index is 2.22. The van der Waals surface area contributed by atoms with Gasteiger partial charge in [-0.3, -0.25) is 4.79 Å². The van der Waals surface area contributed by atoms with Crippen LogP contribution in [0.2, 0.25) is 0 Å². The Morgan fingerprint density at radius 3 is 2.50 bits per heavy atom. The summed E-state index contributed by atoms with van der Waals surface area (Å²) in [5.74, 6) is 1.15. The van der Waals surface area contributed by atoms with Crippen LogP contribution >= 0.6 is 0 Å². The van der Waals surface area contributed by atoms with Crippen molar-refractivity contribution in [2.45, 2.75) is 59.5 Å². The highest BCUT2D eigenvalue weighted by Crippen LogP contribution is 2.24. The van der Waals surface area contributed by atoms with Crippen molar-refractivity contribution in [3.8, 4) is 0 Å². The maximum Gasteiger partial charge on any atom is 0.220 e. The largest absolute Gasteiger partial charge is 0.391 e. The summed E-state index contributed by atoms with van der Waals surface area (Å²) in [7, 11) is 0. The number of rotatable bonds is 6. The molecule has 0 aromatic heterocycles. The van der Waals surface area contributed by atoms with Crippen LogP contribution in [-0.2, 0) is 4.79 Å². The Morgan fingerprint density at radius 2 is 1.95 bits per heavy atom. The molecule has 0 radical (unpaired) electrons. The van der Waals surface area contributed by atoms with E-state index in [1.54, 1.807) is 0 Å². The molecule has 4 nitrogen and oxygen atoms in total. The number of nitrogens with one attached hydrogen (secondary N) is 2. The van der Waals surface area contributed by atoms with Gasteiger partial charge in [-0.25, -0.2) is 0 Å². The van der Waals surface area contributed by atoms with E-state index < -0.39 is 6.10 Å². The van der Waals surface area contributed by atoms with Gasteiger partial charge in [0.25, 0.3) is 0 Å². The number of amides is 1. The number of hydrogen-bond donors (Lipinski definition) is 3. The van der Waals surface area contributed by atoms with Crippen molar-refractivity contribution >= 4 is 5.91 Å². The van der Waals surface area contributed by atoms with Crippen LogP contribution in [0, 0.1) is 17.3 Å². The summed E-state index contributed by atoms with van der Waals surface area (Å²) >= 11 is 0. The van der Waals surface area contributed by atoms with Crippen LogP contribution in [0.15, 0.2) is 0 Å². The van der Waals surface area contributed by atoms with E-state index in [1.807, 2.05) is 0 Å². The van der Waals surface area contributed by atoms with Crippen LogP contribution in [0.5, 0.6) is 0 Å². The molecule has 2 atom stereocenters. The van der Waals surface area contributed by atoms with E-state index in [1.165, 1.54) is 12.8 Å². The van der Waals surface area contributed by atoms with Gasteiger partial charge in [-0.15, -0.1) is 0 Å². The van der Waals surface area contributed by atoms with E-state index in [0.29, 0.717) is 31.2 Å². The molecule has 0 aliphatic carbocycles. The van der Waals surface area contributed by atoms with E-state index in [0.717, 1.165) is 13.1 Å². The van der Waals surface area contributed by atoms with Gasteiger partial charge in [-0.1, -0.05) is 27.7 Å². The Kier molecular flexibility index (Phi) is 6.96. The fourth-order valence-electron chi connectivity index (χ4n) is 2.96. The van der Waals surface area contributed by atoms with E-state index >= 15 is 0 Å². The third kappa shape index (κ3) is 7.25. The molecule has 1 amide bonds. The predicted octanol–water partition coefficient (Wildman–Crippen LogP) is 1.93. The van der Waals surface area contributed by atoms with Crippen LogP contribution < -0.4 is 10.6 Å². The van der Waals surface area contributed by atoms with Crippen molar-refractivity contribution in [1.82, 2.24) is 10.6 Å². The Labute approximate surface area is 123 Å². The van der Waals surface area contributed by atoms with Gasteiger partial charge in [0.15, 0.2) is 0 Å². The molecule has 2 unspecified atom stereocenters. The number of aliphatic hydroxyl groups is 1. The fraction of sp³-hybridized carbons (Fsp3) is 0.938. The lowest BCUT2D eigenvalue weighted by atomic mass is 9.84. The Morgan fingerprint density at radius 1 is 1.35 bits per heavy atom. The zero-order valence-electron chi connectivity index (χ0n) is 13.5. The average molecular weight is 284 g/mol. The molecule has 1 fully saturated rings. The average Bonchev–Trinajstić information content (AvgIpc) is 2.35. The fourth-order valence-corrected chi connectivity index (χ4v) is 2.96. The summed E-state index contributed by atoms with van der Waals surface area (Å²) in [5.41, 5.74) is 0.0898. The highest BCUT2D eigenvalue weighted by atomic mass is 16.3. The number of piperidine rings is 1. The van der Waals surface area contributed by atoms with Crippen molar-refractivity contribution in [3.05, 3.63) is 0 Å². The lowest BCUT2D eigenvalue weighted by molar-refractivity contribution is -0.122. The molecule has 0 aromatic rings. The molecule has 20 heavy (non-hydrogen) atoms. The van der Waals surface area contributed by atoms with Crippen molar-refractivity contribution in [3.63, 3.8) is 0 Å². The SMILES string of the molecule is CC(CC(=O)NCC(O)CC(C)(C)C)C1CCNCC1. The van der Waals surface area contributed by atoms with Gasteiger partial charge in [0.05, 0.1) is 6.10 Å². The summed E-state index contributed by atoms with van der Waals surface area (Å²) in [5, 5.41) is 16.1. The van der Waals surface area contributed by atoms with Crippen LogP contribution in [0.4, 0.5) is 0 Å². The lowest BCUT2D eigenvalue weighted by Crippen LogP contribution is -2.36. The number of carbonyl (C=O) groups is 1. The van der Waals surface area contributed by atoms with Gasteiger partial charge >= 0.3 is 0 Å². The number of hydrogen-bond acceptors (Lipinski definition) is 3. The van der Waals surface area contributed by atoms with Crippen molar-refractivity contribution < 1.29 is 9.90 Å². The molecule has 0 saturated carbocycles. The standard InChI is InChI=1S/C16H32N2O2/c1-12(13-5-7-17-8-6-13)9-15(20)18-11-14(19)10-16(2,3)4/h12-14,17,19H,5-11H2,1-4H3,(H,18,20). The summed E-state index contributed by atoms with van der Waals surface area (Å²) in [4.78, 5) is 11.9. The Bertz CT molecular complexity index is 293. The van der Waals surface area contributed by atoms with Gasteiger partial charge < -0.3 is 15.7 Å². The highest BCUT2D eigenvalue weighted by Gasteiger charge is 2.22. The van der Waals surface area contributed by atoms with Gasteiger partial charge in [-0.05, 0) is 49.6 Å². The minimum Gasteiger partial charge on any atom is -0.391 e. The first-order valence-corrected chi connectivity index (χ1v) is 7.93. The molecular formula is C16H32N2O2. The first-order valence-electron chi connectivity index (χ1n) is 7.93. The summed E-state index contributed by atoms with van der Waals surface area (Å²) in [6.07, 6.45) is 3.17. The number of carbonyl (C=O) groups excluding carboxylic acids is 1. The van der Waals surface area contributed by atoms with Crippen molar-refractivity contribution in [2.24, 2.45) is 17.3 Å². The number of aliphatic hydroxyl groups excluding tert-OH is 1. The molecule has 1 aliphatic rings. The van der Waals surface area contributed by atoms with Gasteiger partial charge in [0, 0.05) is 13.0 Å². The van der Waals surface area contributed by atoms with E-state index in [2.05, 4.69) is 38.3 Å². The van der Waals surface area contributed by atoms with Gasteiger partial charge in [-0.2, -0.15) is 0 Å². The molecule has 1 heterocycles. The summed E-state index contributed by atoms with van der Waals surface area (Å²) in [6, 6.07) is 0. The molecule has 4 heteroatoms. The normalized spacial score (nSPS) is 20.4. The molecule has 0 bridgehead atoms. The smallest absolute Gasteiger partial charge is 0.220 e. The second-order valence-electron chi connectivity index (χ2n) is 7.49. The van der Waals surface area contributed by atoms with Gasteiger partial charge in [0.2, 0.25) is 5.91 Å². The van der Waals surface area contributed by atoms with Crippen molar-refractivity contribution in [1.29, 1.82) is 0 Å². The maximum atomic E-state index is 11.9. The molecule has 1 aliphatic heterocycles. The maximum absolute atomic E-state index is 11.9. The lowest BCUT2D eigenvalue weighted by Gasteiger charge is -2.28. The van der Waals surface area contributed by atoms with Crippen LogP contribution in [0.1, 0.15) is 53.4 Å². The minimum absolute atomic E-state index is 0.0731. The summed E-state index contributed by atoms with van der Waals surface area (Å²) < 4.78 is 0. The minimum atomic E-state index is -0.451. The van der Waals surface area contributed by atoms with Crippen molar-refractivity contribution in [2.75, 3.05) is 19.6 Å². The Hall–Kier alpha value is -0.610. The van der Waals surface area contributed by atoms with Crippen LogP contribution in [0.25, 0.3) is 0 Å². The van der Waals surface area contributed by atoms with Crippen LogP contribution in [0.3, 0.4) is 0 Å². The van der Waals surface area contributed by atoms with E-state index in [9.17, 15) is 9.90 Å². The first kappa shape index (κ1) is 17.4.